The summed E-state index contributed by atoms with van der Waals surface area (Å²) in [5, 5.41) is 0. The van der Waals surface area contributed by atoms with Crippen LogP contribution in [0.1, 0.15) is 139 Å². The summed E-state index contributed by atoms with van der Waals surface area (Å²) in [6.45, 7) is 19.1. The SMILES string of the molecule is [2H]C(C)(C)c1ccc(-c2cc[n+]3c(c2)-c2cc(-c4ccccc4)cc4c2C32Oc3c(cc(C([2H])(C)C)cc3C([2H])(C)C)-c3n(-c5ccc(-c6c(C([2H])(C)C)cccc6C([2H])(C)C)cc5)c5cccc-4c5[n+]32)cc1. The van der Waals surface area contributed by atoms with Gasteiger partial charge in [-0.2, -0.15) is 4.57 Å². The number of pyridine rings is 1. The van der Waals surface area contributed by atoms with Crippen LogP contribution in [0.25, 0.3) is 83.9 Å². The van der Waals surface area contributed by atoms with Crippen molar-refractivity contribution in [3.8, 4) is 78.6 Å². The van der Waals surface area contributed by atoms with Crippen LogP contribution in [0, 0.1) is 0 Å². The monoisotopic (exact) mass is 893 g/mol. The maximum absolute atomic E-state index is 9.81. The van der Waals surface area contributed by atoms with E-state index >= 15 is 0 Å². The number of para-hydroxylation sites is 1. The van der Waals surface area contributed by atoms with Crippen LogP contribution in [0.5, 0.6) is 5.75 Å². The molecular weight excluding hydrogens is 827 g/mol. The Balaban J connectivity index is 1.20. The lowest BCUT2D eigenvalue weighted by Crippen LogP contribution is -2.78. The molecule has 1 unspecified atom stereocenters. The minimum Gasteiger partial charge on any atom is -0.392 e. The van der Waals surface area contributed by atoms with Gasteiger partial charge in [-0.25, -0.2) is 0 Å². The van der Waals surface area contributed by atoms with E-state index in [0.29, 0.717) is 11.3 Å². The maximum Gasteiger partial charge on any atom is 0.499 e. The molecule has 3 aliphatic rings. The molecule has 5 heterocycles. The molecule has 0 saturated heterocycles. The van der Waals surface area contributed by atoms with E-state index in [9.17, 15) is 5.48 Å². The molecule has 4 nitrogen and oxygen atoms in total. The van der Waals surface area contributed by atoms with Crippen molar-refractivity contribution in [1.82, 2.24) is 4.57 Å². The summed E-state index contributed by atoms with van der Waals surface area (Å²) in [5.74, 6) is -4.48. The first-order valence-electron chi connectivity index (χ1n) is 26.5. The molecule has 12 rings (SSSR count). The molecule has 2 aromatic heterocycles. The molecule has 0 amide bonds. The predicted molar refractivity (Wildman–Crippen MR) is 280 cm³/mol. The number of fused-ring (bicyclic) bond motifs is 5. The second-order valence-electron chi connectivity index (χ2n) is 20.1. The number of hydrogen-bond donors (Lipinski definition) is 0. The van der Waals surface area contributed by atoms with Gasteiger partial charge in [-0.3, -0.25) is 0 Å². The first-order valence-corrected chi connectivity index (χ1v) is 24.0. The molecule has 0 bridgehead atoms. The van der Waals surface area contributed by atoms with Crippen LogP contribution in [0.15, 0.2) is 158 Å². The number of aromatic nitrogens is 3. The Bertz CT molecular complexity index is 3730. The lowest BCUT2D eigenvalue weighted by atomic mass is 9.85. The molecule has 0 aliphatic carbocycles. The van der Waals surface area contributed by atoms with Gasteiger partial charge in [0.15, 0.2) is 23.0 Å². The Morgan fingerprint density at radius 3 is 1.78 bits per heavy atom. The molecule has 0 fully saturated rings. The van der Waals surface area contributed by atoms with Gasteiger partial charge in [0.25, 0.3) is 0 Å². The van der Waals surface area contributed by atoms with Crippen molar-refractivity contribution in [3.63, 3.8) is 0 Å². The molecule has 68 heavy (non-hydrogen) atoms. The molecule has 0 radical (unpaired) electrons. The Kier molecular flexibility index (Phi) is 8.44. The summed E-state index contributed by atoms with van der Waals surface area (Å²) in [6.07, 6.45) is 2.16. The molecule has 3 aliphatic heterocycles. The Hall–Kier alpha value is -7.04. The van der Waals surface area contributed by atoms with Gasteiger partial charge in [0.05, 0.1) is 5.56 Å². The topological polar surface area (TPSA) is 21.9 Å². The van der Waals surface area contributed by atoms with Crippen LogP contribution in [-0.2, 0) is 5.85 Å². The Morgan fingerprint density at radius 2 is 1.12 bits per heavy atom. The van der Waals surface area contributed by atoms with E-state index in [1.807, 2.05) is 93.5 Å². The molecule has 0 saturated carbocycles. The minimum atomic E-state index is -1.29. The van der Waals surface area contributed by atoms with Gasteiger partial charge < -0.3 is 4.74 Å². The summed E-state index contributed by atoms with van der Waals surface area (Å²) < 4.78 is 61.4. The van der Waals surface area contributed by atoms with E-state index in [2.05, 4.69) is 147 Å². The lowest BCUT2D eigenvalue weighted by molar-refractivity contribution is -0.997. The Morgan fingerprint density at radius 1 is 0.485 bits per heavy atom. The second kappa shape index (κ2) is 15.5. The predicted octanol–water partition coefficient (Wildman–Crippen LogP) is 16.1. The average molecular weight is 893 g/mol. The minimum absolute atomic E-state index is 0.605. The molecule has 1 spiro atoms. The molecular formula is C64H61N3O+2. The van der Waals surface area contributed by atoms with Crippen molar-refractivity contribution in [2.75, 3.05) is 0 Å². The van der Waals surface area contributed by atoms with Crippen molar-refractivity contribution in [1.29, 1.82) is 0 Å². The van der Waals surface area contributed by atoms with Crippen LogP contribution in [0.2, 0.25) is 0 Å². The van der Waals surface area contributed by atoms with E-state index in [1.165, 1.54) is 0 Å². The fourth-order valence-corrected chi connectivity index (χ4v) is 11.3. The third-order valence-corrected chi connectivity index (χ3v) is 14.7. The van der Waals surface area contributed by atoms with Gasteiger partial charge in [0.2, 0.25) is 5.69 Å². The number of hydrogen-bond acceptors (Lipinski definition) is 1. The summed E-state index contributed by atoms with van der Waals surface area (Å²) in [7, 11) is 0. The van der Waals surface area contributed by atoms with Crippen molar-refractivity contribution >= 4 is 11.0 Å². The van der Waals surface area contributed by atoms with Crippen molar-refractivity contribution in [3.05, 3.63) is 191 Å². The van der Waals surface area contributed by atoms with E-state index in [1.54, 1.807) is 0 Å². The molecule has 0 N–H and O–H groups in total. The fraction of sp³-hybridized carbons (Fsp3) is 0.250. The highest BCUT2D eigenvalue weighted by Crippen LogP contribution is 2.56. The number of imidazole rings is 1. The van der Waals surface area contributed by atoms with E-state index < -0.39 is 35.3 Å². The normalized spacial score (nSPS) is 17.0. The Labute approximate surface area is 409 Å². The summed E-state index contributed by atoms with van der Waals surface area (Å²) >= 11 is 0. The van der Waals surface area contributed by atoms with E-state index in [-0.39, 0.29) is 0 Å². The summed E-state index contributed by atoms with van der Waals surface area (Å²) in [4.78, 5) is 0. The molecule has 9 aromatic rings. The second-order valence-corrected chi connectivity index (χ2v) is 20.1. The smallest absolute Gasteiger partial charge is 0.392 e. The summed E-state index contributed by atoms with van der Waals surface area (Å²) in [5.41, 5.74) is 19.2. The van der Waals surface area contributed by atoms with Gasteiger partial charge in [0.1, 0.15) is 16.8 Å². The zero-order valence-electron chi connectivity index (χ0n) is 45.8. The number of benzene rings is 7. The van der Waals surface area contributed by atoms with Gasteiger partial charge in [-0.15, -0.1) is 9.13 Å². The maximum atomic E-state index is 9.81. The lowest BCUT2D eigenvalue weighted by Gasteiger charge is -2.34. The quantitative estimate of drug-likeness (QED) is 0.132. The van der Waals surface area contributed by atoms with Gasteiger partial charge in [-0.1, -0.05) is 166 Å². The third kappa shape index (κ3) is 6.05. The molecule has 7 aromatic carbocycles. The largest absolute Gasteiger partial charge is 0.499 e. The first kappa shape index (κ1) is 37.0. The van der Waals surface area contributed by atoms with Crippen molar-refractivity contribution in [2.24, 2.45) is 0 Å². The van der Waals surface area contributed by atoms with E-state index in [4.69, 9.17) is 6.11 Å². The van der Waals surface area contributed by atoms with E-state index in [0.717, 1.165) is 112 Å². The number of nitrogens with zero attached hydrogens (tertiary/aromatic N) is 3. The van der Waals surface area contributed by atoms with Gasteiger partial charge in [-0.05, 0) is 133 Å². The number of ether oxygens (including phenoxy) is 1. The molecule has 336 valence electrons. The highest BCUT2D eigenvalue weighted by Gasteiger charge is 2.69. The van der Waals surface area contributed by atoms with Crippen LogP contribution < -0.4 is 13.9 Å². The fourth-order valence-electron chi connectivity index (χ4n) is 11.3. The van der Waals surface area contributed by atoms with Gasteiger partial charge >= 0.3 is 11.7 Å². The zero-order valence-corrected chi connectivity index (χ0v) is 40.8. The van der Waals surface area contributed by atoms with Crippen LogP contribution in [-0.4, -0.2) is 4.57 Å². The standard InChI is InChI=1S/C64H61N3O/c1-37(2)42-22-24-44(25-23-42)46-30-31-65-58(36-46)55-35-48(43-16-12-11-13-17-43)34-54-52-20-15-21-57-61(52)67-63(56-33-47(38(3)4)32-53(41(9)10)62(56)68-64(65,67)60(54)55)66(57)49-28-26-45(27-29-49)59-50(39(5)6)18-14-19-51(59)40(7)8/h11-41H,1-10H3/q+2/i37D,38D,39D,40D,41D. The van der Waals surface area contributed by atoms with Crippen LogP contribution in [0.4, 0.5) is 0 Å². The molecule has 4 heteroatoms. The zero-order chi connectivity index (χ0) is 51.5. The highest BCUT2D eigenvalue weighted by molar-refractivity contribution is 5.99. The van der Waals surface area contributed by atoms with Crippen molar-refractivity contribution in [2.45, 2.75) is 105 Å². The average Bonchev–Trinajstić information content (AvgIpc) is 3.83. The van der Waals surface area contributed by atoms with Gasteiger partial charge in [0, 0.05) is 30.1 Å². The highest BCUT2D eigenvalue weighted by atomic mass is 16.5. The van der Waals surface area contributed by atoms with Crippen LogP contribution in [0.3, 0.4) is 0 Å². The first-order chi connectivity index (χ1) is 34.4. The number of rotatable bonds is 9. The van der Waals surface area contributed by atoms with Crippen molar-refractivity contribution < 1.29 is 20.7 Å². The third-order valence-electron chi connectivity index (χ3n) is 14.7. The summed E-state index contributed by atoms with van der Waals surface area (Å²) in [6, 6.07) is 53.3. The molecule has 1 atom stereocenters. The van der Waals surface area contributed by atoms with Crippen LogP contribution >= 0.6 is 0 Å².